The molecule has 0 heterocycles. The van der Waals surface area contributed by atoms with E-state index in [1.165, 1.54) is 0 Å². The summed E-state index contributed by atoms with van der Waals surface area (Å²) in [4.78, 5) is 23.4. The van der Waals surface area contributed by atoms with Gasteiger partial charge in [-0.2, -0.15) is 0 Å². The number of carbonyl (C=O) groups excluding carboxylic acids is 2. The molecule has 0 radical (unpaired) electrons. The van der Waals surface area contributed by atoms with Crippen LogP contribution in [0.15, 0.2) is 24.3 Å². The van der Waals surface area contributed by atoms with E-state index in [-0.39, 0.29) is 18.2 Å². The zero-order valence-electron chi connectivity index (χ0n) is 10.8. The standard InChI is InChI=1S/C14H19NO2/c1-10-5-7-11(8-6-10)12(16)9-15-13(17)14(2,3)4/h5-8H,9H2,1-4H3,(H,15,17). The number of nitrogens with one attached hydrogen (secondary N) is 1. The molecule has 0 aromatic heterocycles. The van der Waals surface area contributed by atoms with E-state index in [2.05, 4.69) is 5.32 Å². The number of hydrogen-bond donors (Lipinski definition) is 1. The lowest BCUT2D eigenvalue weighted by molar-refractivity contribution is -0.128. The van der Waals surface area contributed by atoms with Crippen molar-refractivity contribution in [3.63, 3.8) is 0 Å². The molecule has 1 aromatic rings. The zero-order valence-corrected chi connectivity index (χ0v) is 10.8. The molecule has 0 unspecified atom stereocenters. The van der Waals surface area contributed by atoms with Crippen LogP contribution in [0.1, 0.15) is 36.7 Å². The van der Waals surface area contributed by atoms with Gasteiger partial charge >= 0.3 is 0 Å². The lowest BCUT2D eigenvalue weighted by atomic mass is 9.95. The summed E-state index contributed by atoms with van der Waals surface area (Å²) < 4.78 is 0. The first-order chi connectivity index (χ1) is 7.80. The summed E-state index contributed by atoms with van der Waals surface area (Å²) in [6.07, 6.45) is 0. The van der Waals surface area contributed by atoms with Gasteiger partial charge in [0.15, 0.2) is 5.78 Å². The summed E-state index contributed by atoms with van der Waals surface area (Å²) in [7, 11) is 0. The smallest absolute Gasteiger partial charge is 0.225 e. The van der Waals surface area contributed by atoms with E-state index in [0.29, 0.717) is 5.56 Å². The van der Waals surface area contributed by atoms with Crippen molar-refractivity contribution in [2.75, 3.05) is 6.54 Å². The topological polar surface area (TPSA) is 46.2 Å². The van der Waals surface area contributed by atoms with Gasteiger partial charge in [0.05, 0.1) is 6.54 Å². The summed E-state index contributed by atoms with van der Waals surface area (Å²) >= 11 is 0. The van der Waals surface area contributed by atoms with Gasteiger partial charge in [0, 0.05) is 11.0 Å². The molecule has 0 fully saturated rings. The monoisotopic (exact) mass is 233 g/mol. The summed E-state index contributed by atoms with van der Waals surface area (Å²) in [5.74, 6) is -0.180. The number of benzene rings is 1. The second-order valence-corrected chi connectivity index (χ2v) is 5.22. The van der Waals surface area contributed by atoms with Gasteiger partial charge in [-0.3, -0.25) is 9.59 Å². The summed E-state index contributed by atoms with van der Waals surface area (Å²) in [5.41, 5.74) is 1.28. The number of carbonyl (C=O) groups is 2. The van der Waals surface area contributed by atoms with Crippen molar-refractivity contribution < 1.29 is 9.59 Å². The number of ketones is 1. The predicted molar refractivity (Wildman–Crippen MR) is 68.0 cm³/mol. The van der Waals surface area contributed by atoms with Crippen molar-refractivity contribution in [2.24, 2.45) is 5.41 Å². The normalized spacial score (nSPS) is 11.1. The first-order valence-electron chi connectivity index (χ1n) is 5.69. The average Bonchev–Trinajstić information content (AvgIpc) is 2.25. The summed E-state index contributed by atoms with van der Waals surface area (Å²) in [5, 5.41) is 2.65. The second-order valence-electron chi connectivity index (χ2n) is 5.22. The molecule has 0 aliphatic heterocycles. The molecular weight excluding hydrogens is 214 g/mol. The maximum absolute atomic E-state index is 11.8. The SMILES string of the molecule is Cc1ccc(C(=O)CNC(=O)C(C)(C)C)cc1. The highest BCUT2D eigenvalue weighted by Gasteiger charge is 2.21. The van der Waals surface area contributed by atoms with Gasteiger partial charge in [0.2, 0.25) is 5.91 Å². The van der Waals surface area contributed by atoms with Crippen LogP contribution in [0, 0.1) is 12.3 Å². The molecule has 17 heavy (non-hydrogen) atoms. The Bertz CT molecular complexity index is 413. The highest BCUT2D eigenvalue weighted by molar-refractivity contribution is 5.99. The fourth-order valence-corrected chi connectivity index (χ4v) is 1.27. The minimum absolute atomic E-state index is 0.0547. The number of hydrogen-bond acceptors (Lipinski definition) is 2. The molecule has 3 nitrogen and oxygen atoms in total. The van der Waals surface area contributed by atoms with E-state index < -0.39 is 5.41 Å². The Morgan fingerprint density at radius 2 is 1.65 bits per heavy atom. The van der Waals surface area contributed by atoms with Gasteiger partial charge in [-0.05, 0) is 6.92 Å². The largest absolute Gasteiger partial charge is 0.348 e. The minimum atomic E-state index is -0.465. The third kappa shape index (κ3) is 4.02. The van der Waals surface area contributed by atoms with Crippen molar-refractivity contribution in [3.05, 3.63) is 35.4 Å². The van der Waals surface area contributed by atoms with E-state index in [4.69, 9.17) is 0 Å². The predicted octanol–water partition coefficient (Wildman–Crippen LogP) is 2.34. The molecule has 3 heteroatoms. The van der Waals surface area contributed by atoms with Crippen LogP contribution in [0.2, 0.25) is 0 Å². The Morgan fingerprint density at radius 3 is 2.12 bits per heavy atom. The molecule has 1 N–H and O–H groups in total. The van der Waals surface area contributed by atoms with Gasteiger partial charge in [-0.1, -0.05) is 50.6 Å². The fraction of sp³-hybridized carbons (Fsp3) is 0.429. The molecule has 92 valence electrons. The third-order valence-electron chi connectivity index (χ3n) is 2.46. The van der Waals surface area contributed by atoms with Gasteiger partial charge in [-0.15, -0.1) is 0 Å². The molecule has 1 rings (SSSR count). The van der Waals surface area contributed by atoms with Crippen molar-refractivity contribution in [1.82, 2.24) is 5.32 Å². The van der Waals surface area contributed by atoms with Crippen LogP contribution in [-0.2, 0) is 4.79 Å². The Labute approximate surface area is 102 Å². The van der Waals surface area contributed by atoms with Crippen LogP contribution in [0.4, 0.5) is 0 Å². The fourth-order valence-electron chi connectivity index (χ4n) is 1.27. The number of aryl methyl sites for hydroxylation is 1. The Balaban J connectivity index is 2.56. The number of rotatable bonds is 3. The third-order valence-corrected chi connectivity index (χ3v) is 2.46. The van der Waals surface area contributed by atoms with E-state index in [1.807, 2.05) is 39.8 Å². The second kappa shape index (κ2) is 5.13. The molecule has 0 atom stereocenters. The maximum atomic E-state index is 11.8. The van der Waals surface area contributed by atoms with Crippen molar-refractivity contribution in [3.8, 4) is 0 Å². The van der Waals surface area contributed by atoms with Gasteiger partial charge < -0.3 is 5.32 Å². The Kier molecular flexibility index (Phi) is 4.05. The highest BCUT2D eigenvalue weighted by Crippen LogP contribution is 2.12. The Morgan fingerprint density at radius 1 is 1.12 bits per heavy atom. The molecule has 0 aliphatic rings. The first kappa shape index (κ1) is 13.4. The summed E-state index contributed by atoms with van der Waals surface area (Å²) in [6.45, 7) is 7.48. The minimum Gasteiger partial charge on any atom is -0.348 e. The lowest BCUT2D eigenvalue weighted by Crippen LogP contribution is -2.37. The van der Waals surface area contributed by atoms with Crippen LogP contribution in [0.5, 0.6) is 0 Å². The van der Waals surface area contributed by atoms with Gasteiger partial charge in [0.1, 0.15) is 0 Å². The molecule has 0 saturated carbocycles. The van der Waals surface area contributed by atoms with E-state index in [0.717, 1.165) is 5.56 Å². The molecule has 0 saturated heterocycles. The van der Waals surface area contributed by atoms with Crippen LogP contribution in [0.3, 0.4) is 0 Å². The summed E-state index contributed by atoms with van der Waals surface area (Å²) in [6, 6.07) is 7.33. The maximum Gasteiger partial charge on any atom is 0.225 e. The molecule has 0 bridgehead atoms. The average molecular weight is 233 g/mol. The van der Waals surface area contributed by atoms with Gasteiger partial charge in [0.25, 0.3) is 0 Å². The van der Waals surface area contributed by atoms with Crippen molar-refractivity contribution >= 4 is 11.7 Å². The lowest BCUT2D eigenvalue weighted by Gasteiger charge is -2.17. The van der Waals surface area contributed by atoms with Crippen molar-refractivity contribution in [2.45, 2.75) is 27.7 Å². The van der Waals surface area contributed by atoms with Crippen molar-refractivity contribution in [1.29, 1.82) is 0 Å². The van der Waals surface area contributed by atoms with E-state index in [1.54, 1.807) is 12.1 Å². The first-order valence-corrected chi connectivity index (χ1v) is 5.69. The molecule has 0 spiro atoms. The van der Waals surface area contributed by atoms with Crippen LogP contribution in [0.25, 0.3) is 0 Å². The van der Waals surface area contributed by atoms with Crippen LogP contribution < -0.4 is 5.32 Å². The number of amides is 1. The molecule has 1 amide bonds. The number of Topliss-reactive ketones (excluding diaryl/α,β-unsaturated/α-hetero) is 1. The Hall–Kier alpha value is -1.64. The van der Waals surface area contributed by atoms with E-state index >= 15 is 0 Å². The van der Waals surface area contributed by atoms with E-state index in [9.17, 15) is 9.59 Å². The molecular formula is C14H19NO2. The van der Waals surface area contributed by atoms with Gasteiger partial charge in [-0.25, -0.2) is 0 Å². The highest BCUT2D eigenvalue weighted by atomic mass is 16.2. The van der Waals surface area contributed by atoms with Crippen LogP contribution >= 0.6 is 0 Å². The molecule has 0 aliphatic carbocycles. The van der Waals surface area contributed by atoms with Crippen LogP contribution in [-0.4, -0.2) is 18.2 Å². The quantitative estimate of drug-likeness (QED) is 0.814. The zero-order chi connectivity index (χ0) is 13.1. The molecule has 1 aromatic carbocycles.